The quantitative estimate of drug-likeness (QED) is 0.368. The summed E-state index contributed by atoms with van der Waals surface area (Å²) in [6.45, 7) is 4.22. The number of aromatic nitrogens is 2. The first-order chi connectivity index (χ1) is 16.5. The Morgan fingerprint density at radius 1 is 1.00 bits per heavy atom. The molecular formula is C27H21N3O3S. The lowest BCUT2D eigenvalue weighted by Crippen LogP contribution is -2.22. The fourth-order valence-corrected chi connectivity index (χ4v) is 4.65. The summed E-state index contributed by atoms with van der Waals surface area (Å²) in [6, 6.07) is 16.2. The van der Waals surface area contributed by atoms with Crippen molar-refractivity contribution in [2.45, 2.75) is 20.4 Å². The molecule has 0 fully saturated rings. The van der Waals surface area contributed by atoms with Gasteiger partial charge in [0.25, 0.3) is 5.91 Å². The number of hydrogen-bond donors (Lipinski definition) is 1. The van der Waals surface area contributed by atoms with Gasteiger partial charge in [-0.1, -0.05) is 18.2 Å². The molecule has 0 aliphatic heterocycles. The minimum Gasteiger partial charge on any atom is -0.456 e. The normalized spacial score (nSPS) is 11.0. The number of amides is 1. The van der Waals surface area contributed by atoms with Crippen LogP contribution in [0.2, 0.25) is 0 Å². The predicted octanol–water partition coefficient (Wildman–Crippen LogP) is 5.53. The average Bonchev–Trinajstić information content (AvgIpc) is 3.33. The topological polar surface area (TPSA) is 85.1 Å². The van der Waals surface area contributed by atoms with Gasteiger partial charge in [-0.15, -0.1) is 11.3 Å². The lowest BCUT2D eigenvalue weighted by atomic mass is 10.1. The summed E-state index contributed by atoms with van der Waals surface area (Å²) in [4.78, 5) is 33.9. The van der Waals surface area contributed by atoms with Crippen molar-refractivity contribution in [3.05, 3.63) is 105 Å². The first kappa shape index (κ1) is 21.7. The molecule has 0 saturated carbocycles. The highest BCUT2D eigenvalue weighted by atomic mass is 32.1. The third kappa shape index (κ3) is 4.38. The maximum Gasteiger partial charge on any atom is 0.251 e. The highest BCUT2D eigenvalue weighted by molar-refractivity contribution is 7.13. The van der Waals surface area contributed by atoms with Gasteiger partial charge in [-0.3, -0.25) is 14.6 Å². The Hall–Kier alpha value is -4.10. The maximum atomic E-state index is 12.6. The van der Waals surface area contributed by atoms with E-state index in [9.17, 15) is 9.59 Å². The number of aryl methyl sites for hydroxylation is 2. The molecule has 0 aliphatic carbocycles. The third-order valence-electron chi connectivity index (χ3n) is 5.50. The number of benzene rings is 2. The fourth-order valence-electron chi connectivity index (χ4n) is 3.83. The average molecular weight is 468 g/mol. The van der Waals surface area contributed by atoms with E-state index in [0.29, 0.717) is 28.8 Å². The number of nitrogens with zero attached hydrogens (tertiary/aromatic N) is 2. The summed E-state index contributed by atoms with van der Waals surface area (Å²) in [5, 5.41) is 6.30. The third-order valence-corrected chi connectivity index (χ3v) is 6.44. The molecule has 168 valence electrons. The van der Waals surface area contributed by atoms with Gasteiger partial charge in [0, 0.05) is 40.5 Å². The zero-order valence-corrected chi connectivity index (χ0v) is 19.5. The highest BCUT2D eigenvalue weighted by Crippen LogP contribution is 2.26. The number of fused-ring (bicyclic) bond motifs is 1. The van der Waals surface area contributed by atoms with Crippen LogP contribution in [0.15, 0.2) is 81.6 Å². The van der Waals surface area contributed by atoms with E-state index < -0.39 is 0 Å². The van der Waals surface area contributed by atoms with Gasteiger partial charge in [-0.2, -0.15) is 0 Å². The summed E-state index contributed by atoms with van der Waals surface area (Å²) in [6.07, 6.45) is 3.46. The van der Waals surface area contributed by atoms with Crippen LogP contribution in [0.1, 0.15) is 27.2 Å². The van der Waals surface area contributed by atoms with E-state index in [2.05, 4.69) is 15.3 Å². The van der Waals surface area contributed by atoms with Crippen LogP contribution in [-0.4, -0.2) is 15.9 Å². The molecule has 1 N–H and O–H groups in total. The van der Waals surface area contributed by atoms with Crippen LogP contribution in [0.5, 0.6) is 0 Å². The summed E-state index contributed by atoms with van der Waals surface area (Å²) in [5.74, 6) is 0.277. The number of thiazole rings is 1. The molecule has 0 saturated heterocycles. The van der Waals surface area contributed by atoms with Gasteiger partial charge in [0.05, 0.1) is 17.6 Å². The van der Waals surface area contributed by atoms with E-state index in [1.807, 2.05) is 43.5 Å². The van der Waals surface area contributed by atoms with Crippen molar-refractivity contribution in [1.29, 1.82) is 0 Å². The summed E-state index contributed by atoms with van der Waals surface area (Å²) >= 11 is 1.53. The molecule has 0 radical (unpaired) electrons. The number of nitrogens with one attached hydrogen (secondary N) is 1. The molecule has 0 unspecified atom stereocenters. The molecule has 5 aromatic rings. The highest BCUT2D eigenvalue weighted by Gasteiger charge is 2.12. The van der Waals surface area contributed by atoms with Crippen molar-refractivity contribution in [3.8, 4) is 21.9 Å². The largest absolute Gasteiger partial charge is 0.456 e. The number of carbonyl (C=O) groups excluding carboxylic acids is 1. The number of hydrogen-bond acceptors (Lipinski definition) is 6. The zero-order valence-electron chi connectivity index (χ0n) is 18.7. The molecule has 7 heteroatoms. The minimum absolute atomic E-state index is 0.0840. The Morgan fingerprint density at radius 2 is 1.76 bits per heavy atom. The van der Waals surface area contributed by atoms with Crippen molar-refractivity contribution >= 4 is 28.2 Å². The molecule has 0 atom stereocenters. The maximum absolute atomic E-state index is 12.6. The van der Waals surface area contributed by atoms with Crippen LogP contribution in [-0.2, 0) is 6.54 Å². The molecule has 3 aromatic heterocycles. The van der Waals surface area contributed by atoms with Gasteiger partial charge in [0.1, 0.15) is 16.4 Å². The molecular weight excluding hydrogens is 446 g/mol. The van der Waals surface area contributed by atoms with E-state index in [4.69, 9.17) is 4.42 Å². The minimum atomic E-state index is -0.198. The van der Waals surface area contributed by atoms with Crippen LogP contribution in [0.4, 0.5) is 0 Å². The molecule has 0 aliphatic rings. The first-order valence-electron chi connectivity index (χ1n) is 10.8. The van der Waals surface area contributed by atoms with Gasteiger partial charge in [0.2, 0.25) is 0 Å². The van der Waals surface area contributed by atoms with E-state index in [1.165, 1.54) is 17.4 Å². The summed E-state index contributed by atoms with van der Waals surface area (Å²) in [7, 11) is 0. The standard InChI is InChI=1S/C27H21N3O3S/c1-16-11-17(2)25-22(12-16)23(31)13-24(33-25)18-3-5-19(6-4-18)26(32)29-14-21-15-34-27(30-21)20-7-9-28-10-8-20/h3-13,15H,14H2,1-2H3,(H,29,32). The molecule has 6 nitrogen and oxygen atoms in total. The zero-order chi connectivity index (χ0) is 23.7. The number of rotatable bonds is 5. The second kappa shape index (κ2) is 9.03. The lowest BCUT2D eigenvalue weighted by molar-refractivity contribution is 0.0950. The van der Waals surface area contributed by atoms with E-state index in [1.54, 1.807) is 36.7 Å². The summed E-state index contributed by atoms with van der Waals surface area (Å²) in [5.41, 5.74) is 5.48. The van der Waals surface area contributed by atoms with Crippen LogP contribution in [0, 0.1) is 13.8 Å². The second-order valence-corrected chi connectivity index (χ2v) is 8.93. The molecule has 3 heterocycles. The Labute approximate surface area is 200 Å². The number of pyridine rings is 1. The van der Waals surface area contributed by atoms with Gasteiger partial charge in [-0.25, -0.2) is 4.98 Å². The molecule has 2 aromatic carbocycles. The SMILES string of the molecule is Cc1cc(C)c2oc(-c3ccc(C(=O)NCc4csc(-c5ccncc5)n4)cc3)cc(=O)c2c1. The van der Waals surface area contributed by atoms with Gasteiger partial charge in [0.15, 0.2) is 5.43 Å². The smallest absolute Gasteiger partial charge is 0.251 e. The first-order valence-corrected chi connectivity index (χ1v) is 11.6. The Kier molecular flexibility index (Phi) is 5.77. The molecule has 34 heavy (non-hydrogen) atoms. The number of carbonyl (C=O) groups is 1. The van der Waals surface area contributed by atoms with E-state index in [-0.39, 0.29) is 11.3 Å². The summed E-state index contributed by atoms with van der Waals surface area (Å²) < 4.78 is 6.05. The van der Waals surface area contributed by atoms with Crippen LogP contribution >= 0.6 is 11.3 Å². The Balaban J connectivity index is 1.30. The van der Waals surface area contributed by atoms with E-state index in [0.717, 1.165) is 33.0 Å². The van der Waals surface area contributed by atoms with Crippen LogP contribution in [0.3, 0.4) is 0 Å². The Bertz CT molecular complexity index is 1550. The lowest BCUT2D eigenvalue weighted by Gasteiger charge is -2.08. The van der Waals surface area contributed by atoms with Crippen molar-refractivity contribution in [3.63, 3.8) is 0 Å². The Morgan fingerprint density at radius 3 is 2.53 bits per heavy atom. The van der Waals surface area contributed by atoms with Crippen LogP contribution < -0.4 is 10.7 Å². The van der Waals surface area contributed by atoms with Gasteiger partial charge in [-0.05, 0) is 55.3 Å². The van der Waals surface area contributed by atoms with Crippen molar-refractivity contribution in [1.82, 2.24) is 15.3 Å². The molecule has 0 spiro atoms. The van der Waals surface area contributed by atoms with Crippen molar-refractivity contribution < 1.29 is 9.21 Å². The van der Waals surface area contributed by atoms with Crippen LogP contribution in [0.25, 0.3) is 32.9 Å². The second-order valence-electron chi connectivity index (χ2n) is 8.07. The van der Waals surface area contributed by atoms with Gasteiger partial charge < -0.3 is 9.73 Å². The monoisotopic (exact) mass is 467 g/mol. The fraction of sp³-hybridized carbons (Fsp3) is 0.111. The molecule has 1 amide bonds. The molecule has 5 rings (SSSR count). The van der Waals surface area contributed by atoms with Crippen molar-refractivity contribution in [2.75, 3.05) is 0 Å². The predicted molar refractivity (Wildman–Crippen MR) is 134 cm³/mol. The van der Waals surface area contributed by atoms with E-state index >= 15 is 0 Å². The molecule has 0 bridgehead atoms. The van der Waals surface area contributed by atoms with Gasteiger partial charge >= 0.3 is 0 Å². The van der Waals surface area contributed by atoms with Crippen molar-refractivity contribution in [2.24, 2.45) is 0 Å².